The number of amides is 1. The molecule has 0 aromatic heterocycles. The summed E-state index contributed by atoms with van der Waals surface area (Å²) in [6.45, 7) is 1.94. The van der Waals surface area contributed by atoms with Crippen LogP contribution in [0.15, 0.2) is 18.2 Å². The van der Waals surface area contributed by atoms with Crippen LogP contribution in [0.25, 0.3) is 0 Å². The Morgan fingerprint density at radius 3 is 2.87 bits per heavy atom. The van der Waals surface area contributed by atoms with Crippen molar-refractivity contribution in [2.45, 2.75) is 13.0 Å². The Morgan fingerprint density at radius 2 is 2.27 bits per heavy atom. The van der Waals surface area contributed by atoms with Gasteiger partial charge in [-0.3, -0.25) is 4.79 Å². The molecule has 82 valence electrons. The van der Waals surface area contributed by atoms with Gasteiger partial charge in [0.15, 0.2) is 0 Å². The van der Waals surface area contributed by atoms with E-state index in [1.807, 2.05) is 13.0 Å². The van der Waals surface area contributed by atoms with Gasteiger partial charge in [-0.2, -0.15) is 0 Å². The number of hydrogen-bond acceptors (Lipinski definition) is 3. The molecule has 1 aromatic rings. The summed E-state index contributed by atoms with van der Waals surface area (Å²) in [5.41, 5.74) is 11.4. The second-order valence-corrected chi connectivity index (χ2v) is 3.66. The van der Waals surface area contributed by atoms with Crippen molar-refractivity contribution in [3.05, 3.63) is 28.8 Å². The lowest BCUT2D eigenvalue weighted by Crippen LogP contribution is -2.41. The Labute approximate surface area is 93.1 Å². The molecule has 1 atom stereocenters. The summed E-state index contributed by atoms with van der Waals surface area (Å²) in [5.74, 6) is -0.0906. The zero-order chi connectivity index (χ0) is 11.4. The molecular formula is C10H13ClN2O2. The maximum absolute atomic E-state index is 10.7. The van der Waals surface area contributed by atoms with E-state index in [4.69, 9.17) is 27.8 Å². The number of aryl methyl sites for hydroxylation is 1. The summed E-state index contributed by atoms with van der Waals surface area (Å²) in [6.07, 6.45) is 0. The summed E-state index contributed by atoms with van der Waals surface area (Å²) >= 11 is 5.88. The fourth-order valence-electron chi connectivity index (χ4n) is 0.983. The number of carbonyl (C=O) groups excluding carboxylic acids is 1. The number of halogens is 1. The highest BCUT2D eigenvalue weighted by molar-refractivity contribution is 6.32. The number of nitrogens with two attached hydrogens (primary N) is 2. The minimum Gasteiger partial charge on any atom is -0.490 e. The average molecular weight is 229 g/mol. The smallest absolute Gasteiger partial charge is 0.237 e. The molecule has 1 unspecified atom stereocenters. The number of primary amides is 1. The normalized spacial score (nSPS) is 12.2. The fourth-order valence-corrected chi connectivity index (χ4v) is 1.15. The molecule has 0 fully saturated rings. The highest BCUT2D eigenvalue weighted by Gasteiger charge is 2.11. The van der Waals surface area contributed by atoms with E-state index < -0.39 is 11.9 Å². The van der Waals surface area contributed by atoms with E-state index in [2.05, 4.69) is 0 Å². The first kappa shape index (κ1) is 11.8. The lowest BCUT2D eigenvalue weighted by Gasteiger charge is -2.11. The van der Waals surface area contributed by atoms with Crippen LogP contribution < -0.4 is 16.2 Å². The molecule has 1 amide bonds. The minimum absolute atomic E-state index is 0.0263. The van der Waals surface area contributed by atoms with Crippen LogP contribution in [0.3, 0.4) is 0 Å². The molecule has 4 N–H and O–H groups in total. The van der Waals surface area contributed by atoms with Gasteiger partial charge in [-0.25, -0.2) is 0 Å². The van der Waals surface area contributed by atoms with Crippen molar-refractivity contribution in [3.8, 4) is 5.75 Å². The molecule has 0 heterocycles. The summed E-state index contributed by atoms with van der Waals surface area (Å²) < 4.78 is 5.28. The maximum Gasteiger partial charge on any atom is 0.237 e. The van der Waals surface area contributed by atoms with Crippen LogP contribution in [-0.2, 0) is 4.79 Å². The van der Waals surface area contributed by atoms with Gasteiger partial charge in [-0.1, -0.05) is 17.7 Å². The second-order valence-electron chi connectivity index (χ2n) is 3.25. The number of rotatable bonds is 4. The molecule has 0 aliphatic carbocycles. The molecular weight excluding hydrogens is 216 g/mol. The van der Waals surface area contributed by atoms with Crippen molar-refractivity contribution in [1.29, 1.82) is 0 Å². The standard InChI is InChI=1S/C10H13ClN2O2/c1-6-2-3-7(11)9(4-6)15-5-8(12)10(13)14/h2-4,8H,5,12H2,1H3,(H2,13,14). The number of carbonyl (C=O) groups is 1. The first-order chi connectivity index (χ1) is 7.00. The SMILES string of the molecule is Cc1ccc(Cl)c(OCC(N)C(N)=O)c1. The van der Waals surface area contributed by atoms with Gasteiger partial charge in [-0.15, -0.1) is 0 Å². The lowest BCUT2D eigenvalue weighted by atomic mass is 10.2. The summed E-state index contributed by atoms with van der Waals surface area (Å²) in [5, 5.41) is 0.484. The Morgan fingerprint density at radius 1 is 1.60 bits per heavy atom. The lowest BCUT2D eigenvalue weighted by molar-refractivity contribution is -0.119. The quantitative estimate of drug-likeness (QED) is 0.802. The van der Waals surface area contributed by atoms with E-state index in [-0.39, 0.29) is 6.61 Å². The molecule has 1 rings (SSSR count). The third-order valence-corrected chi connectivity index (χ3v) is 2.18. The van der Waals surface area contributed by atoms with E-state index >= 15 is 0 Å². The van der Waals surface area contributed by atoms with Gasteiger partial charge in [0, 0.05) is 0 Å². The number of ether oxygens (including phenoxy) is 1. The van der Waals surface area contributed by atoms with Crippen molar-refractivity contribution in [2.24, 2.45) is 11.5 Å². The minimum atomic E-state index is -0.818. The zero-order valence-electron chi connectivity index (χ0n) is 8.37. The van der Waals surface area contributed by atoms with E-state index in [0.717, 1.165) is 5.56 Å². The first-order valence-corrected chi connectivity index (χ1v) is 4.82. The van der Waals surface area contributed by atoms with Crippen LogP contribution in [-0.4, -0.2) is 18.6 Å². The van der Waals surface area contributed by atoms with Gasteiger partial charge in [0.05, 0.1) is 5.02 Å². The van der Waals surface area contributed by atoms with E-state index in [1.54, 1.807) is 12.1 Å². The van der Waals surface area contributed by atoms with Gasteiger partial charge in [0.2, 0.25) is 5.91 Å². The topological polar surface area (TPSA) is 78.3 Å². The predicted molar refractivity (Wildman–Crippen MR) is 58.9 cm³/mol. The average Bonchev–Trinajstić information content (AvgIpc) is 2.18. The molecule has 0 bridgehead atoms. The van der Waals surface area contributed by atoms with E-state index in [0.29, 0.717) is 10.8 Å². The molecule has 1 aromatic carbocycles. The van der Waals surface area contributed by atoms with Gasteiger partial charge in [-0.05, 0) is 24.6 Å². The van der Waals surface area contributed by atoms with Crippen molar-refractivity contribution in [2.75, 3.05) is 6.61 Å². The molecule has 0 saturated heterocycles. The van der Waals surface area contributed by atoms with Crippen molar-refractivity contribution in [1.82, 2.24) is 0 Å². The third kappa shape index (κ3) is 3.42. The summed E-state index contributed by atoms with van der Waals surface area (Å²) in [6, 6.07) is 4.54. The van der Waals surface area contributed by atoms with Crippen LogP contribution >= 0.6 is 11.6 Å². The Bertz CT molecular complexity index is 368. The molecule has 0 radical (unpaired) electrons. The Kier molecular flexibility index (Phi) is 3.94. The largest absolute Gasteiger partial charge is 0.490 e. The number of benzene rings is 1. The van der Waals surface area contributed by atoms with Crippen molar-refractivity contribution >= 4 is 17.5 Å². The number of hydrogen-bond donors (Lipinski definition) is 2. The third-order valence-electron chi connectivity index (χ3n) is 1.87. The van der Waals surface area contributed by atoms with E-state index in [1.165, 1.54) is 0 Å². The van der Waals surface area contributed by atoms with Gasteiger partial charge in [0.25, 0.3) is 0 Å². The highest BCUT2D eigenvalue weighted by atomic mass is 35.5. The van der Waals surface area contributed by atoms with Gasteiger partial charge < -0.3 is 16.2 Å². The summed E-state index contributed by atoms with van der Waals surface area (Å²) in [4.78, 5) is 10.7. The van der Waals surface area contributed by atoms with Gasteiger partial charge in [0.1, 0.15) is 18.4 Å². The Hall–Kier alpha value is -1.26. The van der Waals surface area contributed by atoms with Crippen LogP contribution in [0.2, 0.25) is 5.02 Å². The van der Waals surface area contributed by atoms with Crippen LogP contribution in [0.4, 0.5) is 0 Å². The zero-order valence-corrected chi connectivity index (χ0v) is 9.12. The van der Waals surface area contributed by atoms with Crippen molar-refractivity contribution < 1.29 is 9.53 Å². The van der Waals surface area contributed by atoms with Crippen LogP contribution in [0.5, 0.6) is 5.75 Å². The molecule has 5 heteroatoms. The molecule has 0 aliphatic rings. The predicted octanol–water partition coefficient (Wildman–Crippen LogP) is 0.840. The van der Waals surface area contributed by atoms with Crippen molar-refractivity contribution in [3.63, 3.8) is 0 Å². The van der Waals surface area contributed by atoms with E-state index in [9.17, 15) is 4.79 Å². The second kappa shape index (κ2) is 5.00. The maximum atomic E-state index is 10.7. The fraction of sp³-hybridized carbons (Fsp3) is 0.300. The molecule has 4 nitrogen and oxygen atoms in total. The summed E-state index contributed by atoms with van der Waals surface area (Å²) in [7, 11) is 0. The van der Waals surface area contributed by atoms with Crippen LogP contribution in [0.1, 0.15) is 5.56 Å². The molecule has 0 spiro atoms. The van der Waals surface area contributed by atoms with Crippen LogP contribution in [0, 0.1) is 6.92 Å². The monoisotopic (exact) mass is 228 g/mol. The molecule has 0 saturated carbocycles. The molecule has 15 heavy (non-hydrogen) atoms. The Balaban J connectivity index is 2.65. The van der Waals surface area contributed by atoms with Gasteiger partial charge >= 0.3 is 0 Å². The first-order valence-electron chi connectivity index (χ1n) is 4.44. The highest BCUT2D eigenvalue weighted by Crippen LogP contribution is 2.25. The molecule has 0 aliphatic heterocycles.